The molecule has 0 unspecified atom stereocenters. The van der Waals surface area contributed by atoms with Gasteiger partial charge in [-0.3, -0.25) is 4.79 Å². The summed E-state index contributed by atoms with van der Waals surface area (Å²) in [6.45, 7) is 9.85. The van der Waals surface area contributed by atoms with Gasteiger partial charge in [-0.05, 0) is 97.4 Å². The van der Waals surface area contributed by atoms with Crippen LogP contribution >= 0.6 is 0 Å². The molecule has 3 fully saturated rings. The standard InChI is InChI=1S/C27H44O3/c1-17(16-28)6-5-7-18(2)21-8-9-22-25-23(11-13-27(21,22)4)26(3)12-10-20(29)14-19(26)15-24(25)30/h14,17-18,21-25,28,30H,5-13,15-16H2,1-4H3/t17-,18-,21-,22+,23+,24-,25+,26+,27-/m1/s1. The van der Waals surface area contributed by atoms with Gasteiger partial charge in [0.1, 0.15) is 0 Å². The van der Waals surface area contributed by atoms with Crippen LogP contribution in [-0.2, 0) is 4.79 Å². The Morgan fingerprint density at radius 3 is 2.60 bits per heavy atom. The third-order valence-corrected chi connectivity index (χ3v) is 10.4. The number of carbonyl (C=O) groups excluding carboxylic acids is 1. The molecule has 4 rings (SSSR count). The van der Waals surface area contributed by atoms with Gasteiger partial charge in [-0.2, -0.15) is 0 Å². The van der Waals surface area contributed by atoms with Crippen LogP contribution in [0.2, 0.25) is 0 Å². The van der Waals surface area contributed by atoms with Crippen LogP contribution in [0.15, 0.2) is 11.6 Å². The molecule has 0 saturated heterocycles. The molecule has 0 bridgehead atoms. The van der Waals surface area contributed by atoms with E-state index in [1.54, 1.807) is 0 Å². The Morgan fingerprint density at radius 2 is 1.87 bits per heavy atom. The van der Waals surface area contributed by atoms with Gasteiger partial charge in [0, 0.05) is 13.0 Å². The van der Waals surface area contributed by atoms with E-state index in [9.17, 15) is 15.0 Å². The highest BCUT2D eigenvalue weighted by molar-refractivity contribution is 5.91. The van der Waals surface area contributed by atoms with Crippen LogP contribution in [0.1, 0.15) is 91.9 Å². The van der Waals surface area contributed by atoms with E-state index in [4.69, 9.17) is 0 Å². The summed E-state index contributed by atoms with van der Waals surface area (Å²) >= 11 is 0. The van der Waals surface area contributed by atoms with Crippen LogP contribution in [0.4, 0.5) is 0 Å². The Hall–Kier alpha value is -0.670. The predicted octanol–water partition coefficient (Wildman–Crippen LogP) is 5.54. The minimum absolute atomic E-state index is 0.128. The summed E-state index contributed by atoms with van der Waals surface area (Å²) in [6, 6.07) is 0. The highest BCUT2D eigenvalue weighted by Crippen LogP contribution is 2.67. The predicted molar refractivity (Wildman–Crippen MR) is 121 cm³/mol. The monoisotopic (exact) mass is 416 g/mol. The molecule has 0 radical (unpaired) electrons. The van der Waals surface area contributed by atoms with Crippen molar-refractivity contribution >= 4 is 5.78 Å². The molecule has 0 aromatic heterocycles. The fourth-order valence-electron chi connectivity index (χ4n) is 8.58. The second-order valence-electron chi connectivity index (χ2n) is 12.0. The van der Waals surface area contributed by atoms with Crippen LogP contribution in [0.25, 0.3) is 0 Å². The van der Waals surface area contributed by atoms with E-state index in [0.717, 1.165) is 31.1 Å². The van der Waals surface area contributed by atoms with E-state index in [1.807, 2.05) is 6.08 Å². The molecule has 0 aliphatic heterocycles. The summed E-state index contributed by atoms with van der Waals surface area (Å²) in [5.41, 5.74) is 1.73. The Kier molecular flexibility index (Phi) is 6.27. The van der Waals surface area contributed by atoms with Crippen LogP contribution in [-0.4, -0.2) is 28.7 Å². The molecule has 30 heavy (non-hydrogen) atoms. The SMILES string of the molecule is C[C@@H](CO)CCC[C@@H](C)[C@H]1CC[C@H]2[C@@H]3[C@H](O)CC4=CC(=O)CC[C@]4(C)[C@H]3CC[C@]12C. The maximum atomic E-state index is 12.1. The van der Waals surface area contributed by atoms with Crippen molar-refractivity contribution < 1.29 is 15.0 Å². The quantitative estimate of drug-likeness (QED) is 0.598. The van der Waals surface area contributed by atoms with E-state index in [2.05, 4.69) is 27.7 Å². The smallest absolute Gasteiger partial charge is 0.155 e. The topological polar surface area (TPSA) is 57.5 Å². The van der Waals surface area contributed by atoms with Crippen molar-refractivity contribution in [3.8, 4) is 0 Å². The van der Waals surface area contributed by atoms with E-state index in [-0.39, 0.29) is 17.3 Å². The number of hydrogen-bond acceptors (Lipinski definition) is 3. The number of fused-ring (bicyclic) bond motifs is 5. The Morgan fingerprint density at radius 1 is 1.10 bits per heavy atom. The van der Waals surface area contributed by atoms with Crippen LogP contribution in [0.5, 0.6) is 0 Å². The van der Waals surface area contributed by atoms with E-state index in [0.29, 0.717) is 42.1 Å². The molecule has 0 aromatic rings. The third-order valence-electron chi connectivity index (χ3n) is 10.4. The molecule has 0 aromatic carbocycles. The minimum atomic E-state index is -0.274. The molecule has 3 saturated carbocycles. The van der Waals surface area contributed by atoms with E-state index < -0.39 is 0 Å². The molecule has 4 aliphatic carbocycles. The van der Waals surface area contributed by atoms with Gasteiger partial charge in [0.25, 0.3) is 0 Å². The van der Waals surface area contributed by atoms with Gasteiger partial charge in [0.15, 0.2) is 5.78 Å². The number of rotatable bonds is 6. The van der Waals surface area contributed by atoms with Crippen LogP contribution < -0.4 is 0 Å². The minimum Gasteiger partial charge on any atom is -0.396 e. The highest BCUT2D eigenvalue weighted by atomic mass is 16.3. The second kappa shape index (κ2) is 8.35. The first-order valence-electron chi connectivity index (χ1n) is 12.7. The first-order chi connectivity index (χ1) is 14.2. The Bertz CT molecular complexity index is 684. The second-order valence-corrected chi connectivity index (χ2v) is 12.0. The normalized spacial score (nSPS) is 45.2. The maximum Gasteiger partial charge on any atom is 0.155 e. The molecular formula is C27H44O3. The summed E-state index contributed by atoms with van der Waals surface area (Å²) in [5, 5.41) is 20.6. The van der Waals surface area contributed by atoms with Crippen LogP contribution in [0.3, 0.4) is 0 Å². The lowest BCUT2D eigenvalue weighted by atomic mass is 9.45. The van der Waals surface area contributed by atoms with Gasteiger partial charge in [0.2, 0.25) is 0 Å². The first-order valence-corrected chi connectivity index (χ1v) is 12.7. The maximum absolute atomic E-state index is 12.1. The zero-order chi connectivity index (χ0) is 21.7. The van der Waals surface area contributed by atoms with Crippen molar-refractivity contribution in [2.24, 2.45) is 46.3 Å². The van der Waals surface area contributed by atoms with Crippen molar-refractivity contribution in [3.63, 3.8) is 0 Å². The number of ketones is 1. The van der Waals surface area contributed by atoms with Crippen LogP contribution in [0, 0.1) is 46.3 Å². The molecule has 0 heterocycles. The van der Waals surface area contributed by atoms with Gasteiger partial charge in [-0.25, -0.2) is 0 Å². The van der Waals surface area contributed by atoms with Gasteiger partial charge >= 0.3 is 0 Å². The molecule has 9 atom stereocenters. The average molecular weight is 417 g/mol. The van der Waals surface area contributed by atoms with Crippen molar-refractivity contribution in [2.75, 3.05) is 6.61 Å². The van der Waals surface area contributed by atoms with Gasteiger partial charge in [0.05, 0.1) is 6.10 Å². The number of hydrogen-bond donors (Lipinski definition) is 2. The van der Waals surface area contributed by atoms with Gasteiger partial charge in [-0.15, -0.1) is 0 Å². The van der Waals surface area contributed by atoms with Crippen molar-refractivity contribution in [2.45, 2.75) is 98.0 Å². The summed E-state index contributed by atoms with van der Waals surface area (Å²) in [4.78, 5) is 12.1. The molecule has 170 valence electrons. The molecule has 0 spiro atoms. The lowest BCUT2D eigenvalue weighted by molar-refractivity contribution is -0.124. The number of aliphatic hydroxyl groups excluding tert-OH is 2. The number of aliphatic hydroxyl groups is 2. The molecular weight excluding hydrogens is 372 g/mol. The first kappa shape index (κ1) is 22.5. The zero-order valence-electron chi connectivity index (χ0n) is 19.7. The van der Waals surface area contributed by atoms with Crippen molar-refractivity contribution in [1.29, 1.82) is 0 Å². The Balaban J connectivity index is 1.50. The lowest BCUT2D eigenvalue weighted by Crippen LogP contribution is -2.55. The fourth-order valence-corrected chi connectivity index (χ4v) is 8.58. The molecule has 0 amide bonds. The van der Waals surface area contributed by atoms with E-state index >= 15 is 0 Å². The molecule has 4 aliphatic rings. The zero-order valence-corrected chi connectivity index (χ0v) is 19.7. The lowest BCUT2D eigenvalue weighted by Gasteiger charge is -2.60. The summed E-state index contributed by atoms with van der Waals surface area (Å²) in [6.07, 6.45) is 12.7. The third kappa shape index (κ3) is 3.62. The average Bonchev–Trinajstić information content (AvgIpc) is 3.06. The summed E-state index contributed by atoms with van der Waals surface area (Å²) in [5.74, 6) is 3.75. The van der Waals surface area contributed by atoms with E-state index in [1.165, 1.54) is 44.1 Å². The summed E-state index contributed by atoms with van der Waals surface area (Å²) in [7, 11) is 0. The van der Waals surface area contributed by atoms with Crippen molar-refractivity contribution in [1.82, 2.24) is 0 Å². The molecule has 2 N–H and O–H groups in total. The number of carbonyl (C=O) groups is 1. The largest absolute Gasteiger partial charge is 0.396 e. The molecule has 3 heteroatoms. The fraction of sp³-hybridized carbons (Fsp3) is 0.889. The van der Waals surface area contributed by atoms with Gasteiger partial charge in [-0.1, -0.05) is 46.1 Å². The molecule has 3 nitrogen and oxygen atoms in total. The van der Waals surface area contributed by atoms with Crippen molar-refractivity contribution in [3.05, 3.63) is 11.6 Å². The highest BCUT2D eigenvalue weighted by Gasteiger charge is 2.61. The Labute approximate surface area is 183 Å². The summed E-state index contributed by atoms with van der Waals surface area (Å²) < 4.78 is 0. The van der Waals surface area contributed by atoms with Gasteiger partial charge < -0.3 is 10.2 Å².